The first-order valence-corrected chi connectivity index (χ1v) is 5.87. The predicted molar refractivity (Wildman–Crippen MR) is 71.4 cm³/mol. The van der Waals surface area contributed by atoms with Crippen molar-refractivity contribution in [3.8, 4) is 0 Å². The number of nitrogen functional groups attached to an aromatic ring is 1. The zero-order valence-corrected chi connectivity index (χ0v) is 11.3. The second kappa shape index (κ2) is 4.92. The molecule has 0 atom stereocenters. The molecule has 2 rings (SSSR count). The fourth-order valence-corrected chi connectivity index (χ4v) is 1.89. The molecule has 0 aliphatic heterocycles. The van der Waals surface area contributed by atoms with E-state index in [0.717, 1.165) is 17.8 Å². The summed E-state index contributed by atoms with van der Waals surface area (Å²) in [7, 11) is 1.74. The zero-order valence-electron chi connectivity index (χ0n) is 11.3. The van der Waals surface area contributed by atoms with Crippen LogP contribution in [0, 0.1) is 25.5 Å². The molecular formula is C13H14F2N4O. The van der Waals surface area contributed by atoms with E-state index in [0.29, 0.717) is 11.4 Å². The van der Waals surface area contributed by atoms with E-state index in [1.165, 1.54) is 0 Å². The van der Waals surface area contributed by atoms with Crippen molar-refractivity contribution in [3.63, 3.8) is 0 Å². The normalized spacial score (nSPS) is 10.7. The summed E-state index contributed by atoms with van der Waals surface area (Å²) in [5, 5.41) is 6.76. The van der Waals surface area contributed by atoms with Crippen LogP contribution in [-0.4, -0.2) is 15.7 Å². The Hall–Kier alpha value is -2.44. The van der Waals surface area contributed by atoms with E-state index in [1.807, 2.05) is 0 Å². The van der Waals surface area contributed by atoms with Crippen molar-refractivity contribution in [2.75, 3.05) is 11.1 Å². The molecule has 0 unspecified atom stereocenters. The van der Waals surface area contributed by atoms with Gasteiger partial charge in [-0.15, -0.1) is 0 Å². The molecule has 1 heterocycles. The van der Waals surface area contributed by atoms with Crippen LogP contribution in [0.5, 0.6) is 0 Å². The second-order valence-electron chi connectivity index (χ2n) is 4.48. The summed E-state index contributed by atoms with van der Waals surface area (Å²) in [6.45, 7) is 3.52. The molecule has 1 aromatic carbocycles. The van der Waals surface area contributed by atoms with Crippen molar-refractivity contribution >= 4 is 17.3 Å². The molecule has 1 aromatic heterocycles. The van der Waals surface area contributed by atoms with Crippen molar-refractivity contribution in [1.82, 2.24) is 9.78 Å². The molecule has 20 heavy (non-hydrogen) atoms. The van der Waals surface area contributed by atoms with Crippen LogP contribution in [0.1, 0.15) is 21.7 Å². The van der Waals surface area contributed by atoms with Crippen LogP contribution in [0.3, 0.4) is 0 Å². The Morgan fingerprint density at radius 1 is 1.30 bits per heavy atom. The maximum Gasteiger partial charge on any atom is 0.257 e. The Bertz CT molecular complexity index is 694. The average molecular weight is 280 g/mol. The molecule has 106 valence electrons. The summed E-state index contributed by atoms with van der Waals surface area (Å²) in [6, 6.07) is 1.56. The number of halogens is 2. The number of anilines is 2. The third kappa shape index (κ3) is 2.34. The number of aryl methyl sites for hydroxylation is 2. The second-order valence-corrected chi connectivity index (χ2v) is 4.48. The quantitative estimate of drug-likeness (QED) is 0.828. The van der Waals surface area contributed by atoms with E-state index in [-0.39, 0.29) is 11.3 Å². The summed E-state index contributed by atoms with van der Waals surface area (Å²) in [5.74, 6) is -2.82. The van der Waals surface area contributed by atoms with E-state index < -0.39 is 17.5 Å². The summed E-state index contributed by atoms with van der Waals surface area (Å²) >= 11 is 0. The molecule has 0 aliphatic rings. The van der Waals surface area contributed by atoms with E-state index in [1.54, 1.807) is 25.6 Å². The molecule has 0 fully saturated rings. The van der Waals surface area contributed by atoms with Crippen LogP contribution in [0.4, 0.5) is 20.2 Å². The Kier molecular flexibility index (Phi) is 3.44. The number of hydrogen-bond acceptors (Lipinski definition) is 3. The van der Waals surface area contributed by atoms with Gasteiger partial charge in [0.25, 0.3) is 5.91 Å². The average Bonchev–Trinajstić information content (AvgIpc) is 2.60. The number of aromatic nitrogens is 2. The topological polar surface area (TPSA) is 72.9 Å². The van der Waals surface area contributed by atoms with Gasteiger partial charge in [-0.2, -0.15) is 5.10 Å². The van der Waals surface area contributed by atoms with E-state index >= 15 is 0 Å². The van der Waals surface area contributed by atoms with Crippen LogP contribution >= 0.6 is 0 Å². The standard InChI is InChI=1S/C13H14F2N4O/c1-6-12(7(2)19(3)18-6)17-13(20)8-4-9(14)10(15)5-11(8)16/h4-5H,16H2,1-3H3,(H,17,20). The third-order valence-corrected chi connectivity index (χ3v) is 3.08. The molecule has 0 aliphatic carbocycles. The smallest absolute Gasteiger partial charge is 0.257 e. The minimum absolute atomic E-state index is 0.119. The van der Waals surface area contributed by atoms with Crippen LogP contribution < -0.4 is 11.1 Å². The molecule has 0 radical (unpaired) electrons. The van der Waals surface area contributed by atoms with E-state index in [9.17, 15) is 13.6 Å². The minimum atomic E-state index is -1.12. The van der Waals surface area contributed by atoms with Gasteiger partial charge in [-0.3, -0.25) is 9.48 Å². The van der Waals surface area contributed by atoms with E-state index in [2.05, 4.69) is 10.4 Å². The van der Waals surface area contributed by atoms with Gasteiger partial charge in [-0.25, -0.2) is 8.78 Å². The number of carbonyl (C=O) groups is 1. The van der Waals surface area contributed by atoms with Crippen molar-refractivity contribution in [1.29, 1.82) is 0 Å². The Labute approximate surface area is 114 Å². The van der Waals surface area contributed by atoms with Gasteiger partial charge in [-0.1, -0.05) is 0 Å². The lowest BCUT2D eigenvalue weighted by molar-refractivity contribution is 0.102. The fourth-order valence-electron chi connectivity index (χ4n) is 1.89. The summed E-state index contributed by atoms with van der Waals surface area (Å²) < 4.78 is 27.8. The Morgan fingerprint density at radius 3 is 2.45 bits per heavy atom. The largest absolute Gasteiger partial charge is 0.398 e. The molecule has 0 bridgehead atoms. The van der Waals surface area contributed by atoms with Crippen molar-refractivity contribution in [2.45, 2.75) is 13.8 Å². The summed E-state index contributed by atoms with van der Waals surface area (Å²) in [4.78, 5) is 12.1. The van der Waals surface area contributed by atoms with Crippen molar-refractivity contribution < 1.29 is 13.6 Å². The molecule has 1 amide bonds. The number of rotatable bonds is 2. The molecule has 2 aromatic rings. The van der Waals surface area contributed by atoms with Gasteiger partial charge >= 0.3 is 0 Å². The number of carbonyl (C=O) groups excluding carboxylic acids is 1. The molecule has 0 saturated heterocycles. The first kappa shape index (κ1) is 14.0. The lowest BCUT2D eigenvalue weighted by Crippen LogP contribution is -2.16. The first-order chi connectivity index (χ1) is 9.31. The first-order valence-electron chi connectivity index (χ1n) is 5.87. The molecule has 7 heteroatoms. The Balaban J connectivity index is 2.36. The fraction of sp³-hybridized carbons (Fsp3) is 0.231. The van der Waals surface area contributed by atoms with Crippen LogP contribution in [0.2, 0.25) is 0 Å². The van der Waals surface area contributed by atoms with Gasteiger partial charge < -0.3 is 11.1 Å². The van der Waals surface area contributed by atoms with Gasteiger partial charge in [0.05, 0.1) is 22.6 Å². The summed E-state index contributed by atoms with van der Waals surface area (Å²) in [6.07, 6.45) is 0. The third-order valence-electron chi connectivity index (χ3n) is 3.08. The summed E-state index contributed by atoms with van der Waals surface area (Å²) in [5.41, 5.74) is 7.20. The Morgan fingerprint density at radius 2 is 1.90 bits per heavy atom. The minimum Gasteiger partial charge on any atom is -0.398 e. The van der Waals surface area contributed by atoms with Crippen molar-refractivity contribution in [3.05, 3.63) is 40.7 Å². The number of nitrogens with zero attached hydrogens (tertiary/aromatic N) is 2. The van der Waals surface area contributed by atoms with Gasteiger partial charge in [0.15, 0.2) is 11.6 Å². The molecule has 0 saturated carbocycles. The molecule has 5 nitrogen and oxygen atoms in total. The highest BCUT2D eigenvalue weighted by molar-refractivity contribution is 6.08. The van der Waals surface area contributed by atoms with Gasteiger partial charge in [0.1, 0.15) is 0 Å². The van der Waals surface area contributed by atoms with Crippen LogP contribution in [0.25, 0.3) is 0 Å². The highest BCUT2D eigenvalue weighted by atomic mass is 19.2. The highest BCUT2D eigenvalue weighted by Crippen LogP contribution is 2.22. The molecule has 3 N–H and O–H groups in total. The van der Waals surface area contributed by atoms with Gasteiger partial charge in [0.2, 0.25) is 0 Å². The maximum atomic E-state index is 13.2. The van der Waals surface area contributed by atoms with Crippen molar-refractivity contribution in [2.24, 2.45) is 7.05 Å². The zero-order chi connectivity index (χ0) is 15.0. The highest BCUT2D eigenvalue weighted by Gasteiger charge is 2.17. The molecule has 0 spiro atoms. The predicted octanol–water partition coefficient (Wildman–Crippen LogP) is 2.15. The number of benzene rings is 1. The van der Waals surface area contributed by atoms with Gasteiger partial charge in [-0.05, 0) is 19.9 Å². The lowest BCUT2D eigenvalue weighted by Gasteiger charge is -2.08. The molecular weight excluding hydrogens is 266 g/mol. The van der Waals surface area contributed by atoms with Crippen LogP contribution in [0.15, 0.2) is 12.1 Å². The van der Waals surface area contributed by atoms with Crippen LogP contribution in [-0.2, 0) is 7.05 Å². The maximum absolute atomic E-state index is 13.2. The number of nitrogens with one attached hydrogen (secondary N) is 1. The monoisotopic (exact) mass is 280 g/mol. The lowest BCUT2D eigenvalue weighted by atomic mass is 10.1. The van der Waals surface area contributed by atoms with E-state index in [4.69, 9.17) is 5.73 Å². The SMILES string of the molecule is Cc1nn(C)c(C)c1NC(=O)c1cc(F)c(F)cc1N. The number of amides is 1. The van der Waals surface area contributed by atoms with Gasteiger partial charge in [0, 0.05) is 18.8 Å². The number of hydrogen-bond donors (Lipinski definition) is 2. The number of nitrogens with two attached hydrogens (primary N) is 1.